The van der Waals surface area contributed by atoms with Crippen LogP contribution in [0.3, 0.4) is 0 Å². The fourth-order valence-electron chi connectivity index (χ4n) is 3.78. The van der Waals surface area contributed by atoms with Crippen LogP contribution in [0, 0.1) is 4.91 Å². The van der Waals surface area contributed by atoms with Crippen LogP contribution in [0.25, 0.3) is 27.6 Å². The zero-order valence-electron chi connectivity index (χ0n) is 16.4. The Hall–Kier alpha value is -3.93. The third kappa shape index (κ3) is 3.12. The topological polar surface area (TPSA) is 56.5 Å². The molecular weight excluding hydrogens is 373 g/mol. The highest BCUT2D eigenvalue weighted by Crippen LogP contribution is 2.32. The molecule has 0 N–H and O–H groups in total. The van der Waals surface area contributed by atoms with Gasteiger partial charge in [-0.05, 0) is 47.9 Å². The van der Waals surface area contributed by atoms with Gasteiger partial charge in [0, 0.05) is 23.0 Å². The van der Waals surface area contributed by atoms with Crippen LogP contribution in [0.1, 0.15) is 0 Å². The van der Waals surface area contributed by atoms with Crippen molar-refractivity contribution in [1.82, 2.24) is 9.55 Å². The summed E-state index contributed by atoms with van der Waals surface area (Å²) in [5.74, 6) is 1.37. The van der Waals surface area contributed by atoms with E-state index in [9.17, 15) is 4.91 Å². The summed E-state index contributed by atoms with van der Waals surface area (Å²) in [5.41, 5.74) is 3.79. The van der Waals surface area contributed by atoms with E-state index in [1.54, 1.807) is 6.82 Å². The first-order chi connectivity index (χ1) is 14.7. The van der Waals surface area contributed by atoms with Crippen molar-refractivity contribution in [3.8, 4) is 17.2 Å². The predicted octanol–water partition coefficient (Wildman–Crippen LogP) is 5.57. The number of hydrogen-bond donors (Lipinski definition) is 0. The van der Waals surface area contributed by atoms with Crippen LogP contribution < -0.4 is 10.2 Å². The molecule has 0 aliphatic carbocycles. The molecule has 0 spiro atoms. The van der Waals surface area contributed by atoms with Crippen molar-refractivity contribution in [2.45, 2.75) is 6.82 Å². The minimum atomic E-state index is -0.413. The Labute approximate surface area is 174 Å². The molecule has 0 amide bonds. The third-order valence-corrected chi connectivity index (χ3v) is 5.24. The van der Waals surface area contributed by atoms with Crippen molar-refractivity contribution in [3.63, 3.8) is 0 Å². The van der Waals surface area contributed by atoms with Gasteiger partial charge in [-0.3, -0.25) is 4.57 Å². The van der Waals surface area contributed by atoms with Crippen LogP contribution in [0.5, 0.6) is 11.5 Å². The molecule has 0 aliphatic heterocycles. The maximum atomic E-state index is 10.9. The van der Waals surface area contributed by atoms with Gasteiger partial charge in [0.25, 0.3) is 0 Å². The van der Waals surface area contributed by atoms with E-state index in [-0.39, 0.29) is 0 Å². The van der Waals surface area contributed by atoms with Crippen molar-refractivity contribution in [2.75, 3.05) is 0 Å². The van der Waals surface area contributed by atoms with E-state index in [1.165, 1.54) is 0 Å². The summed E-state index contributed by atoms with van der Waals surface area (Å²) in [6, 6.07) is 27.7. The fraction of sp³-hybridized carbons (Fsp3) is 0.0417. The number of ether oxygens (including phenoxy) is 1. The van der Waals surface area contributed by atoms with Crippen LogP contribution in [0.4, 0.5) is 0 Å². The number of benzene rings is 3. The number of fused-ring (bicyclic) bond motifs is 3. The van der Waals surface area contributed by atoms with E-state index in [1.807, 2.05) is 72.9 Å². The summed E-state index contributed by atoms with van der Waals surface area (Å²) in [6.07, 6.45) is 1.81. The molecule has 0 fully saturated rings. The molecule has 3 aromatic carbocycles. The molecule has 0 bridgehead atoms. The Morgan fingerprint density at radius 2 is 1.63 bits per heavy atom. The van der Waals surface area contributed by atoms with E-state index in [0.29, 0.717) is 11.5 Å². The van der Waals surface area contributed by atoms with Crippen molar-refractivity contribution >= 4 is 34.2 Å². The van der Waals surface area contributed by atoms with Gasteiger partial charge in [-0.2, -0.15) is 4.91 Å². The molecule has 0 saturated carbocycles. The second-order valence-electron chi connectivity index (χ2n) is 7.18. The van der Waals surface area contributed by atoms with Gasteiger partial charge in [-0.15, -0.1) is 5.09 Å². The summed E-state index contributed by atoms with van der Waals surface area (Å²) in [4.78, 5) is 15.5. The highest BCUT2D eigenvalue weighted by molar-refractivity contribution is 6.70. The average molecular weight is 391 g/mol. The van der Waals surface area contributed by atoms with Gasteiger partial charge >= 0.3 is 6.85 Å². The number of nitroso groups, excluding NO2 is 1. The van der Waals surface area contributed by atoms with Crippen LogP contribution in [-0.4, -0.2) is 16.4 Å². The molecule has 144 valence electrons. The first-order valence-corrected chi connectivity index (χ1v) is 9.79. The zero-order valence-corrected chi connectivity index (χ0v) is 16.4. The van der Waals surface area contributed by atoms with E-state index in [0.717, 1.165) is 33.1 Å². The van der Waals surface area contributed by atoms with Gasteiger partial charge in [0.05, 0.1) is 11.2 Å². The van der Waals surface area contributed by atoms with E-state index < -0.39 is 6.85 Å². The van der Waals surface area contributed by atoms with Gasteiger partial charge in [0.2, 0.25) is 0 Å². The molecule has 6 heteroatoms. The van der Waals surface area contributed by atoms with Gasteiger partial charge in [0.1, 0.15) is 17.1 Å². The van der Waals surface area contributed by atoms with Gasteiger partial charge in [0.15, 0.2) is 0 Å². The number of nitrogens with zero attached hydrogens (tertiary/aromatic N) is 3. The quantitative estimate of drug-likeness (QED) is 0.291. The van der Waals surface area contributed by atoms with Crippen molar-refractivity contribution in [3.05, 3.63) is 96.0 Å². The lowest BCUT2D eigenvalue weighted by atomic mass is 9.60. The Kier molecular flexibility index (Phi) is 4.52. The number of pyridine rings is 1. The maximum absolute atomic E-state index is 10.9. The van der Waals surface area contributed by atoms with Crippen LogP contribution in [-0.2, 0) is 0 Å². The molecule has 0 unspecified atom stereocenters. The molecule has 5 rings (SSSR count). The lowest BCUT2D eigenvalue weighted by Crippen LogP contribution is -2.23. The fourth-order valence-corrected chi connectivity index (χ4v) is 3.78. The molecule has 0 atom stereocenters. The molecular formula is C24H18BN3O2. The second kappa shape index (κ2) is 7.48. The average Bonchev–Trinajstić information content (AvgIpc) is 3.13. The molecule has 0 aliphatic rings. The lowest BCUT2D eigenvalue weighted by Gasteiger charge is -2.11. The number of rotatable bonds is 5. The summed E-state index contributed by atoms with van der Waals surface area (Å²) >= 11 is 0. The molecule has 5 aromatic rings. The minimum Gasteiger partial charge on any atom is -0.457 e. The first-order valence-electron chi connectivity index (χ1n) is 9.79. The molecule has 2 aromatic heterocycles. The van der Waals surface area contributed by atoms with E-state index in [4.69, 9.17) is 4.74 Å². The maximum Gasteiger partial charge on any atom is 0.366 e. The third-order valence-electron chi connectivity index (χ3n) is 5.24. The summed E-state index contributed by atoms with van der Waals surface area (Å²) in [5, 5.41) is 5.37. The van der Waals surface area contributed by atoms with Crippen molar-refractivity contribution in [1.29, 1.82) is 0 Å². The summed E-state index contributed by atoms with van der Waals surface area (Å²) < 4.78 is 8.24. The van der Waals surface area contributed by atoms with Crippen LogP contribution in [0.15, 0.2) is 96.2 Å². The molecule has 0 radical (unpaired) electrons. The lowest BCUT2D eigenvalue weighted by molar-refractivity contribution is 0.483. The Bertz CT molecular complexity index is 1330. The smallest absolute Gasteiger partial charge is 0.366 e. The first kappa shape index (κ1) is 18.1. The van der Waals surface area contributed by atoms with E-state index in [2.05, 4.69) is 32.8 Å². The van der Waals surface area contributed by atoms with Crippen molar-refractivity contribution in [2.24, 2.45) is 5.09 Å². The monoisotopic (exact) mass is 391 g/mol. The van der Waals surface area contributed by atoms with E-state index >= 15 is 0 Å². The highest BCUT2D eigenvalue weighted by Gasteiger charge is 2.14. The molecule has 0 saturated heterocycles. The SMILES string of the molecule is CB(N=O)c1cccc(Oc2cccc(-n3c4ccccc4c4cccnc43)c2)c1. The zero-order chi connectivity index (χ0) is 20.5. The van der Waals surface area contributed by atoms with Gasteiger partial charge in [-0.1, -0.05) is 43.2 Å². The predicted molar refractivity (Wildman–Crippen MR) is 122 cm³/mol. The molecule has 2 heterocycles. The second-order valence-corrected chi connectivity index (χ2v) is 7.18. The molecule has 30 heavy (non-hydrogen) atoms. The number of hydrogen-bond acceptors (Lipinski definition) is 4. The molecule has 5 nitrogen and oxygen atoms in total. The van der Waals surface area contributed by atoms with Crippen LogP contribution in [0.2, 0.25) is 6.82 Å². The Morgan fingerprint density at radius 3 is 2.50 bits per heavy atom. The number of aromatic nitrogens is 2. The highest BCUT2D eigenvalue weighted by atomic mass is 16.5. The Balaban J connectivity index is 1.59. The van der Waals surface area contributed by atoms with Gasteiger partial charge < -0.3 is 4.74 Å². The standard InChI is InChI=1S/C24H18BN3O2/c1-25(27-29)17-7-4-9-19(15-17)30-20-10-5-8-18(16-20)28-23-13-3-2-11-21(23)22-12-6-14-26-24(22)28/h2-16H,1H3. The normalized spacial score (nSPS) is 11.0. The summed E-state index contributed by atoms with van der Waals surface area (Å²) in [6.45, 7) is 1.35. The largest absolute Gasteiger partial charge is 0.457 e. The number of para-hydroxylation sites is 1. The minimum absolute atomic E-state index is 0.413. The van der Waals surface area contributed by atoms with Crippen LogP contribution >= 0.6 is 0 Å². The van der Waals surface area contributed by atoms with Gasteiger partial charge in [-0.25, -0.2) is 4.98 Å². The Morgan fingerprint density at radius 1 is 0.867 bits per heavy atom. The van der Waals surface area contributed by atoms with Crippen molar-refractivity contribution < 1.29 is 4.74 Å². The summed E-state index contributed by atoms with van der Waals surface area (Å²) in [7, 11) is 0.